The number of thiophene rings is 1. The van der Waals surface area contributed by atoms with E-state index in [0.29, 0.717) is 34.6 Å². The molecule has 0 spiro atoms. The molecule has 0 radical (unpaired) electrons. The van der Waals surface area contributed by atoms with Crippen LogP contribution in [0.5, 0.6) is 0 Å². The highest BCUT2D eigenvalue weighted by Gasteiger charge is 2.31. The lowest BCUT2D eigenvalue weighted by Crippen LogP contribution is -2.32. The van der Waals surface area contributed by atoms with Crippen molar-refractivity contribution in [1.29, 1.82) is 0 Å². The zero-order valence-corrected chi connectivity index (χ0v) is 22.3. The first-order chi connectivity index (χ1) is 17.5. The fraction of sp³-hybridized carbons (Fsp3) is 0.345. The molecule has 0 saturated heterocycles. The topological polar surface area (TPSA) is 36.1 Å². The van der Waals surface area contributed by atoms with E-state index in [2.05, 4.69) is 24.9 Å². The lowest BCUT2D eigenvalue weighted by molar-refractivity contribution is -0.137. The van der Waals surface area contributed by atoms with Crippen molar-refractivity contribution in [3.63, 3.8) is 0 Å². The summed E-state index contributed by atoms with van der Waals surface area (Å²) in [6, 6.07) is 12.8. The lowest BCUT2D eigenvalue weighted by atomic mass is 9.77. The van der Waals surface area contributed by atoms with Crippen LogP contribution >= 0.6 is 22.9 Å². The molecule has 2 aromatic heterocycles. The Kier molecular flexibility index (Phi) is 6.88. The number of H-pyrrole nitrogens is 1. The minimum Gasteiger partial charge on any atom is -0.361 e. The predicted octanol–water partition coefficient (Wildman–Crippen LogP) is 8.30. The number of amides is 1. The van der Waals surface area contributed by atoms with Gasteiger partial charge >= 0.3 is 6.18 Å². The number of carbonyl (C=O) groups excluding carboxylic acids is 1. The van der Waals surface area contributed by atoms with Crippen molar-refractivity contribution in [2.24, 2.45) is 5.41 Å². The van der Waals surface area contributed by atoms with Crippen molar-refractivity contribution in [2.45, 2.75) is 52.3 Å². The van der Waals surface area contributed by atoms with Crippen LogP contribution in [-0.2, 0) is 32.0 Å². The molecule has 0 saturated carbocycles. The van der Waals surface area contributed by atoms with Crippen LogP contribution in [0.2, 0.25) is 5.02 Å². The number of hydrogen-bond acceptors (Lipinski definition) is 2. The first-order valence-electron chi connectivity index (χ1n) is 12.3. The number of alkyl halides is 3. The second-order valence-electron chi connectivity index (χ2n) is 10.6. The molecule has 0 bridgehead atoms. The van der Waals surface area contributed by atoms with Crippen LogP contribution in [0.25, 0.3) is 10.9 Å². The molecule has 2 heterocycles. The van der Waals surface area contributed by atoms with Gasteiger partial charge in [0.25, 0.3) is 5.91 Å². The summed E-state index contributed by atoms with van der Waals surface area (Å²) in [7, 11) is 0. The van der Waals surface area contributed by atoms with Gasteiger partial charge in [0, 0.05) is 32.9 Å². The molecule has 4 aromatic rings. The number of halogens is 4. The Hall–Kier alpha value is -2.77. The molecule has 0 aliphatic heterocycles. The lowest BCUT2D eigenvalue weighted by Gasteiger charge is -2.29. The van der Waals surface area contributed by atoms with Crippen LogP contribution in [0.15, 0.2) is 54.7 Å². The molecule has 8 heteroatoms. The summed E-state index contributed by atoms with van der Waals surface area (Å²) in [5.41, 5.74) is 2.61. The number of aromatic nitrogens is 1. The molecular weight excluding hydrogens is 517 g/mol. The average molecular weight is 545 g/mol. The molecule has 2 aromatic carbocycles. The van der Waals surface area contributed by atoms with E-state index >= 15 is 0 Å². The first kappa shape index (κ1) is 25.9. The molecule has 3 nitrogen and oxygen atoms in total. The number of rotatable bonds is 6. The van der Waals surface area contributed by atoms with E-state index in [1.807, 2.05) is 6.07 Å². The number of hydrogen-bond donors (Lipinski definition) is 1. The highest BCUT2D eigenvalue weighted by atomic mass is 35.5. The van der Waals surface area contributed by atoms with E-state index < -0.39 is 11.7 Å². The first-order valence-corrected chi connectivity index (χ1v) is 13.5. The summed E-state index contributed by atoms with van der Waals surface area (Å²) in [4.78, 5) is 21.2. The molecule has 37 heavy (non-hydrogen) atoms. The third kappa shape index (κ3) is 5.73. The zero-order valence-electron chi connectivity index (χ0n) is 20.7. The van der Waals surface area contributed by atoms with Crippen molar-refractivity contribution < 1.29 is 18.0 Å². The van der Waals surface area contributed by atoms with Gasteiger partial charge in [0.05, 0.1) is 23.2 Å². The van der Waals surface area contributed by atoms with Crippen molar-refractivity contribution >= 4 is 39.7 Å². The van der Waals surface area contributed by atoms with E-state index in [1.54, 1.807) is 40.6 Å². The Labute approximate surface area is 223 Å². The van der Waals surface area contributed by atoms with Gasteiger partial charge in [0.15, 0.2) is 0 Å². The Bertz CT molecular complexity index is 1450. The maximum absolute atomic E-state index is 13.9. The van der Waals surface area contributed by atoms with Gasteiger partial charge in [-0.3, -0.25) is 4.79 Å². The molecule has 0 unspecified atom stereocenters. The standard InChI is InChI=1S/C29H28ClF3N2OS/c1-28(2)9-6-25-20(16-28)14-23(37-25)17-35(11-8-18-4-3-5-21(12-18)29(31,32)33)27(36)24-15-22(30)13-19-7-10-34-26(19)24/h3-5,7,10,12-15,34H,6,8-9,11,16-17H2,1-2H3. The molecule has 1 aliphatic rings. The second-order valence-corrected chi connectivity index (χ2v) is 12.2. The monoisotopic (exact) mass is 544 g/mol. The fourth-order valence-corrected chi connectivity index (χ4v) is 6.54. The van der Waals surface area contributed by atoms with Gasteiger partial charge < -0.3 is 9.88 Å². The molecule has 194 valence electrons. The summed E-state index contributed by atoms with van der Waals surface area (Å²) in [5, 5.41) is 1.30. The Morgan fingerprint density at radius 1 is 1.16 bits per heavy atom. The van der Waals surface area contributed by atoms with Gasteiger partial charge in [0.1, 0.15) is 0 Å². The van der Waals surface area contributed by atoms with Crippen LogP contribution in [0.4, 0.5) is 13.2 Å². The third-order valence-electron chi connectivity index (χ3n) is 7.06. The summed E-state index contributed by atoms with van der Waals surface area (Å²) >= 11 is 8.07. The minimum atomic E-state index is -4.41. The summed E-state index contributed by atoms with van der Waals surface area (Å²) < 4.78 is 39.7. The SMILES string of the molecule is CC1(C)CCc2sc(CN(CCc3cccc(C(F)(F)F)c3)C(=O)c3cc(Cl)cc4cc[nH]c34)cc2C1. The summed E-state index contributed by atoms with van der Waals surface area (Å²) in [6.07, 6.45) is 0.833. The largest absolute Gasteiger partial charge is 0.416 e. The van der Waals surface area contributed by atoms with Gasteiger partial charge in [-0.25, -0.2) is 0 Å². The number of nitrogens with zero attached hydrogens (tertiary/aromatic N) is 1. The Balaban J connectivity index is 1.45. The highest BCUT2D eigenvalue weighted by Crippen LogP contribution is 2.39. The van der Waals surface area contributed by atoms with Crippen molar-refractivity contribution in [1.82, 2.24) is 9.88 Å². The Morgan fingerprint density at radius 3 is 2.76 bits per heavy atom. The Morgan fingerprint density at radius 2 is 1.97 bits per heavy atom. The predicted molar refractivity (Wildman–Crippen MR) is 143 cm³/mol. The van der Waals surface area contributed by atoms with Crippen molar-refractivity contribution in [2.75, 3.05) is 6.54 Å². The average Bonchev–Trinajstić information content (AvgIpc) is 3.45. The fourth-order valence-electron chi connectivity index (χ4n) is 5.11. The maximum atomic E-state index is 13.9. The van der Waals surface area contributed by atoms with E-state index in [0.717, 1.165) is 41.7 Å². The maximum Gasteiger partial charge on any atom is 0.416 e. The van der Waals surface area contributed by atoms with E-state index in [4.69, 9.17) is 11.6 Å². The van der Waals surface area contributed by atoms with Gasteiger partial charge in [-0.15, -0.1) is 11.3 Å². The highest BCUT2D eigenvalue weighted by molar-refractivity contribution is 7.12. The van der Waals surface area contributed by atoms with Crippen LogP contribution in [0.3, 0.4) is 0 Å². The molecule has 1 aliphatic carbocycles. The third-order valence-corrected chi connectivity index (χ3v) is 8.50. The van der Waals surface area contributed by atoms with Gasteiger partial charge in [-0.2, -0.15) is 13.2 Å². The number of aromatic amines is 1. The van der Waals surface area contributed by atoms with Gasteiger partial charge in [-0.1, -0.05) is 43.6 Å². The molecule has 0 fully saturated rings. The second kappa shape index (κ2) is 9.84. The molecule has 5 rings (SSSR count). The van der Waals surface area contributed by atoms with Crippen LogP contribution in [-0.4, -0.2) is 22.3 Å². The van der Waals surface area contributed by atoms with Crippen LogP contribution in [0, 0.1) is 5.41 Å². The summed E-state index contributed by atoms with van der Waals surface area (Å²) in [5.74, 6) is -0.200. The molecule has 1 amide bonds. The summed E-state index contributed by atoms with van der Waals surface area (Å²) in [6.45, 7) is 5.23. The van der Waals surface area contributed by atoms with Gasteiger partial charge in [-0.05, 0) is 72.6 Å². The molecule has 1 N–H and O–H groups in total. The van der Waals surface area contributed by atoms with E-state index in [9.17, 15) is 18.0 Å². The molecule has 0 atom stereocenters. The van der Waals surface area contributed by atoms with Gasteiger partial charge in [0.2, 0.25) is 0 Å². The number of aryl methyl sites for hydroxylation is 1. The van der Waals surface area contributed by atoms with E-state index in [-0.39, 0.29) is 17.9 Å². The van der Waals surface area contributed by atoms with Crippen LogP contribution < -0.4 is 0 Å². The number of carbonyl (C=O) groups is 1. The van der Waals surface area contributed by atoms with E-state index in [1.165, 1.54) is 16.5 Å². The number of nitrogens with one attached hydrogen (secondary N) is 1. The smallest absolute Gasteiger partial charge is 0.361 e. The quantitative estimate of drug-likeness (QED) is 0.260. The van der Waals surface area contributed by atoms with Crippen LogP contribution in [0.1, 0.15) is 57.1 Å². The number of fused-ring (bicyclic) bond motifs is 2. The normalized spacial score (nSPS) is 15.1. The van der Waals surface area contributed by atoms with Crippen molar-refractivity contribution in [3.8, 4) is 0 Å². The molecular formula is C29H28ClF3N2OS. The number of benzene rings is 2. The zero-order chi connectivity index (χ0) is 26.4. The minimum absolute atomic E-state index is 0.200. The van der Waals surface area contributed by atoms with Crippen molar-refractivity contribution in [3.05, 3.63) is 91.8 Å².